The molecule has 1 aromatic carbocycles. The molecule has 0 bridgehead atoms. The first-order valence-electron chi connectivity index (χ1n) is 11.7. The number of amides is 1. The Morgan fingerprint density at radius 3 is 2.53 bits per heavy atom. The lowest BCUT2D eigenvalue weighted by Gasteiger charge is -2.40. The van der Waals surface area contributed by atoms with Crippen molar-refractivity contribution in [2.45, 2.75) is 38.9 Å². The molecule has 0 spiro atoms. The molecule has 1 aliphatic rings. The number of ether oxygens (including phenoxy) is 1. The number of rotatable bonds is 6. The second kappa shape index (κ2) is 10.5. The quantitative estimate of drug-likeness (QED) is 0.501. The zero-order valence-electron chi connectivity index (χ0n) is 20.3. The fourth-order valence-corrected chi connectivity index (χ4v) is 4.49. The predicted molar refractivity (Wildman–Crippen MR) is 130 cm³/mol. The van der Waals surface area contributed by atoms with Crippen molar-refractivity contribution in [3.05, 3.63) is 65.6 Å². The fourth-order valence-electron chi connectivity index (χ4n) is 4.49. The molecule has 2 atom stereocenters. The minimum atomic E-state index is -4.44. The number of aryl methyl sites for hydroxylation is 1. The van der Waals surface area contributed by atoms with Gasteiger partial charge in [0.15, 0.2) is 0 Å². The van der Waals surface area contributed by atoms with Gasteiger partial charge in [-0.25, -0.2) is 15.0 Å². The number of nitrogens with one attached hydrogen (secondary N) is 1. The van der Waals surface area contributed by atoms with Crippen molar-refractivity contribution in [2.24, 2.45) is 5.92 Å². The van der Waals surface area contributed by atoms with Crippen LogP contribution in [0.15, 0.2) is 48.9 Å². The van der Waals surface area contributed by atoms with Crippen LogP contribution in [0.4, 0.5) is 19.0 Å². The Morgan fingerprint density at radius 2 is 1.89 bits per heavy atom. The van der Waals surface area contributed by atoms with Crippen LogP contribution in [0.3, 0.4) is 0 Å². The number of pyridine rings is 1. The third kappa shape index (κ3) is 5.58. The molecule has 4 rings (SSSR count). The zero-order chi connectivity index (χ0) is 25.9. The number of aromatic nitrogens is 3. The maximum Gasteiger partial charge on any atom is 0.417 e. The van der Waals surface area contributed by atoms with E-state index in [1.165, 1.54) is 13.2 Å². The lowest BCUT2D eigenvalue weighted by molar-refractivity contribution is -0.137. The molecule has 1 unspecified atom stereocenters. The van der Waals surface area contributed by atoms with Gasteiger partial charge in [0.2, 0.25) is 0 Å². The van der Waals surface area contributed by atoms with E-state index in [2.05, 4.69) is 27.2 Å². The van der Waals surface area contributed by atoms with Crippen molar-refractivity contribution in [3.8, 4) is 17.1 Å². The molecule has 1 fully saturated rings. The Balaban J connectivity index is 1.58. The number of carbonyl (C=O) groups is 1. The molecule has 36 heavy (non-hydrogen) atoms. The van der Waals surface area contributed by atoms with Gasteiger partial charge in [0.05, 0.1) is 18.7 Å². The van der Waals surface area contributed by atoms with E-state index in [0.717, 1.165) is 36.2 Å². The minimum Gasteiger partial charge on any atom is -0.467 e. The molecule has 3 heterocycles. The van der Waals surface area contributed by atoms with Gasteiger partial charge in [0.25, 0.3) is 5.91 Å². The molecule has 7 nitrogen and oxygen atoms in total. The first-order chi connectivity index (χ1) is 17.2. The van der Waals surface area contributed by atoms with E-state index in [-0.39, 0.29) is 23.9 Å². The van der Waals surface area contributed by atoms with Crippen LogP contribution in [0.1, 0.15) is 41.3 Å². The van der Waals surface area contributed by atoms with Crippen molar-refractivity contribution < 1.29 is 22.7 Å². The number of benzene rings is 1. The Hall–Kier alpha value is -3.69. The van der Waals surface area contributed by atoms with E-state index in [1.807, 2.05) is 30.0 Å². The summed E-state index contributed by atoms with van der Waals surface area (Å²) >= 11 is 0. The monoisotopic (exact) mass is 499 g/mol. The standard InChI is InChI=1S/C26H28F3N5O2/c1-16-6-8-20(18-12-32-25(36-3)33-13-18)21(11-16)24(35)34-10-4-5-17(2)22(34)15-31-23-9-7-19(14-30-23)26(27,28)29/h6-9,11-14,17,22H,4-5,10,15H2,1-3H3,(H,30,31)/t17?,22-/m1/s1. The van der Waals surface area contributed by atoms with Crippen molar-refractivity contribution in [1.29, 1.82) is 0 Å². The fraction of sp³-hybridized carbons (Fsp3) is 0.385. The van der Waals surface area contributed by atoms with Gasteiger partial charge in [0.1, 0.15) is 5.82 Å². The van der Waals surface area contributed by atoms with Crippen LogP contribution in [0.5, 0.6) is 6.01 Å². The topological polar surface area (TPSA) is 80.2 Å². The van der Waals surface area contributed by atoms with E-state index >= 15 is 0 Å². The van der Waals surface area contributed by atoms with E-state index in [0.29, 0.717) is 30.0 Å². The molecular formula is C26H28F3N5O2. The summed E-state index contributed by atoms with van der Waals surface area (Å²) in [6.07, 6.45) is 1.44. The lowest BCUT2D eigenvalue weighted by atomic mass is 9.89. The Labute approximate surface area is 207 Å². The summed E-state index contributed by atoms with van der Waals surface area (Å²) in [6, 6.07) is 8.08. The van der Waals surface area contributed by atoms with E-state index in [1.54, 1.807) is 12.4 Å². The van der Waals surface area contributed by atoms with Gasteiger partial charge in [-0.15, -0.1) is 0 Å². The third-order valence-corrected chi connectivity index (χ3v) is 6.49. The number of anilines is 1. The number of carbonyl (C=O) groups excluding carboxylic acids is 1. The van der Waals surface area contributed by atoms with Gasteiger partial charge in [-0.3, -0.25) is 4.79 Å². The second-order valence-corrected chi connectivity index (χ2v) is 9.00. The maximum absolute atomic E-state index is 13.9. The molecule has 1 saturated heterocycles. The Kier molecular flexibility index (Phi) is 7.42. The van der Waals surface area contributed by atoms with Crippen LogP contribution < -0.4 is 10.1 Å². The van der Waals surface area contributed by atoms with Crippen LogP contribution in [0.25, 0.3) is 11.1 Å². The van der Waals surface area contributed by atoms with Crippen LogP contribution in [-0.4, -0.2) is 52.0 Å². The number of methoxy groups -OCH3 is 1. The molecule has 3 aromatic rings. The molecule has 2 aromatic heterocycles. The molecular weight excluding hydrogens is 471 g/mol. The summed E-state index contributed by atoms with van der Waals surface area (Å²) in [5.74, 6) is 0.422. The molecule has 1 aliphatic heterocycles. The number of alkyl halides is 3. The van der Waals surface area contributed by atoms with Crippen molar-refractivity contribution in [2.75, 3.05) is 25.5 Å². The predicted octanol–water partition coefficient (Wildman–Crippen LogP) is 5.23. The summed E-state index contributed by atoms with van der Waals surface area (Å²) in [4.78, 5) is 28.0. The van der Waals surface area contributed by atoms with Crippen LogP contribution in [0, 0.1) is 12.8 Å². The highest BCUT2D eigenvalue weighted by atomic mass is 19.4. The number of hydrogen-bond donors (Lipinski definition) is 1. The summed E-state index contributed by atoms with van der Waals surface area (Å²) < 4.78 is 43.6. The Bertz CT molecular complexity index is 1200. The van der Waals surface area contributed by atoms with Crippen molar-refractivity contribution in [3.63, 3.8) is 0 Å². The largest absolute Gasteiger partial charge is 0.467 e. The van der Waals surface area contributed by atoms with Gasteiger partial charge in [0, 0.05) is 42.8 Å². The molecule has 0 saturated carbocycles. The summed E-state index contributed by atoms with van der Waals surface area (Å²) in [5.41, 5.74) is 2.13. The van der Waals surface area contributed by atoms with Crippen LogP contribution in [-0.2, 0) is 6.18 Å². The zero-order valence-corrected chi connectivity index (χ0v) is 20.3. The highest BCUT2D eigenvalue weighted by Crippen LogP contribution is 2.31. The smallest absolute Gasteiger partial charge is 0.417 e. The van der Waals surface area contributed by atoms with E-state index < -0.39 is 11.7 Å². The van der Waals surface area contributed by atoms with Gasteiger partial charge >= 0.3 is 12.2 Å². The second-order valence-electron chi connectivity index (χ2n) is 9.00. The number of halogens is 3. The number of hydrogen-bond acceptors (Lipinski definition) is 6. The maximum atomic E-state index is 13.9. The van der Waals surface area contributed by atoms with Gasteiger partial charge in [-0.05, 0) is 49.4 Å². The van der Waals surface area contributed by atoms with E-state index in [9.17, 15) is 18.0 Å². The average Bonchev–Trinajstić information content (AvgIpc) is 2.87. The van der Waals surface area contributed by atoms with Gasteiger partial charge < -0.3 is 15.0 Å². The van der Waals surface area contributed by atoms with Gasteiger partial charge in [-0.1, -0.05) is 24.6 Å². The SMILES string of the molecule is COc1ncc(-c2ccc(C)cc2C(=O)N2CCCC(C)[C@H]2CNc2ccc(C(F)(F)F)cn2)cn1. The molecule has 190 valence electrons. The highest BCUT2D eigenvalue weighted by molar-refractivity contribution is 6.01. The first kappa shape index (κ1) is 25.4. The third-order valence-electron chi connectivity index (χ3n) is 6.49. The summed E-state index contributed by atoms with van der Waals surface area (Å²) in [5, 5.41) is 3.12. The molecule has 1 N–H and O–H groups in total. The van der Waals surface area contributed by atoms with E-state index in [4.69, 9.17) is 4.74 Å². The van der Waals surface area contributed by atoms with Crippen LogP contribution in [0.2, 0.25) is 0 Å². The highest BCUT2D eigenvalue weighted by Gasteiger charge is 2.34. The lowest BCUT2D eigenvalue weighted by Crippen LogP contribution is -2.51. The molecule has 0 radical (unpaired) electrons. The summed E-state index contributed by atoms with van der Waals surface area (Å²) in [7, 11) is 1.49. The number of likely N-dealkylation sites (tertiary alicyclic amines) is 1. The van der Waals surface area contributed by atoms with Crippen LogP contribution >= 0.6 is 0 Å². The molecule has 0 aliphatic carbocycles. The Morgan fingerprint density at radius 1 is 1.14 bits per heavy atom. The number of piperidine rings is 1. The minimum absolute atomic E-state index is 0.108. The molecule has 1 amide bonds. The normalized spacial score (nSPS) is 18.1. The van der Waals surface area contributed by atoms with Gasteiger partial charge in [-0.2, -0.15) is 13.2 Å². The number of nitrogens with zero attached hydrogens (tertiary/aromatic N) is 4. The van der Waals surface area contributed by atoms with Crippen molar-refractivity contribution in [1.82, 2.24) is 19.9 Å². The first-order valence-corrected chi connectivity index (χ1v) is 11.7. The van der Waals surface area contributed by atoms with Crippen molar-refractivity contribution >= 4 is 11.7 Å². The average molecular weight is 500 g/mol. The molecule has 10 heteroatoms. The summed E-state index contributed by atoms with van der Waals surface area (Å²) in [6.45, 7) is 4.97.